The van der Waals surface area contributed by atoms with Gasteiger partial charge in [-0.15, -0.1) is 0 Å². The van der Waals surface area contributed by atoms with Gasteiger partial charge in [-0.05, 0) is 61.7 Å². The normalized spacial score (nSPS) is 14.7. The van der Waals surface area contributed by atoms with E-state index in [9.17, 15) is 18.0 Å². The Hall–Kier alpha value is -2.62. The van der Waals surface area contributed by atoms with E-state index >= 15 is 0 Å². The van der Waals surface area contributed by atoms with Gasteiger partial charge in [0.05, 0.1) is 4.90 Å². The van der Waals surface area contributed by atoms with E-state index in [4.69, 9.17) is 16.3 Å². The zero-order chi connectivity index (χ0) is 23.8. The lowest BCUT2D eigenvalue weighted by Crippen LogP contribution is -2.43. The molecule has 0 atom stereocenters. The van der Waals surface area contributed by atoms with E-state index in [2.05, 4.69) is 10.0 Å². The first-order valence-electron chi connectivity index (χ1n) is 10.7. The summed E-state index contributed by atoms with van der Waals surface area (Å²) >= 11 is 5.83. The summed E-state index contributed by atoms with van der Waals surface area (Å²) in [6, 6.07) is 12.2. The number of nitrogens with zero attached hydrogens (tertiary/aromatic N) is 1. The monoisotopic (exact) mass is 493 g/mol. The number of anilines is 1. The Morgan fingerprint density at radius 3 is 2.48 bits per heavy atom. The van der Waals surface area contributed by atoms with Crippen LogP contribution in [0.5, 0.6) is 0 Å². The van der Waals surface area contributed by atoms with Crippen molar-refractivity contribution < 1.29 is 22.7 Å². The molecule has 0 unspecified atom stereocenters. The molecule has 10 heteroatoms. The molecule has 1 heterocycles. The molecule has 3 rings (SSSR count). The third kappa shape index (κ3) is 6.93. The molecule has 2 N–H and O–H groups in total. The van der Waals surface area contributed by atoms with Crippen molar-refractivity contribution in [2.75, 3.05) is 38.1 Å². The number of carbonyl (C=O) groups excluding carboxylic acids is 2. The first-order chi connectivity index (χ1) is 15.8. The molecular formula is C23H28ClN3O5S. The van der Waals surface area contributed by atoms with Crippen molar-refractivity contribution in [3.05, 3.63) is 59.1 Å². The number of likely N-dealkylation sites (tertiary alicyclic amines) is 1. The molecule has 1 aliphatic rings. The van der Waals surface area contributed by atoms with Crippen molar-refractivity contribution in [2.45, 2.75) is 24.2 Å². The third-order valence-corrected chi connectivity index (χ3v) is 7.11. The van der Waals surface area contributed by atoms with Gasteiger partial charge in [-0.25, -0.2) is 8.42 Å². The Kier molecular flexibility index (Phi) is 8.71. The maximum atomic E-state index is 13.0. The minimum atomic E-state index is -3.81. The summed E-state index contributed by atoms with van der Waals surface area (Å²) in [4.78, 5) is 27.0. The van der Waals surface area contributed by atoms with Crippen LogP contribution in [0.25, 0.3) is 0 Å². The van der Waals surface area contributed by atoms with E-state index in [0.717, 1.165) is 6.42 Å². The lowest BCUT2D eigenvalue weighted by Gasteiger charge is -2.31. The minimum Gasteiger partial charge on any atom is -0.385 e. The van der Waals surface area contributed by atoms with E-state index in [0.29, 0.717) is 55.4 Å². The first kappa shape index (κ1) is 25.0. The molecule has 178 valence electrons. The molecule has 1 aliphatic heterocycles. The van der Waals surface area contributed by atoms with Gasteiger partial charge in [0.15, 0.2) is 0 Å². The molecule has 33 heavy (non-hydrogen) atoms. The maximum absolute atomic E-state index is 13.0. The predicted octanol–water partition coefficient (Wildman–Crippen LogP) is 3.15. The van der Waals surface area contributed by atoms with Crippen LogP contribution in [0.2, 0.25) is 5.02 Å². The number of hydrogen-bond acceptors (Lipinski definition) is 5. The van der Waals surface area contributed by atoms with Gasteiger partial charge in [-0.2, -0.15) is 0 Å². The Bertz CT molecular complexity index is 1070. The number of piperidine rings is 1. The number of hydrogen-bond donors (Lipinski definition) is 2. The molecule has 2 aromatic rings. The topological polar surface area (TPSA) is 105 Å². The third-order valence-electron chi connectivity index (χ3n) is 5.46. The van der Waals surface area contributed by atoms with E-state index in [1.807, 2.05) is 0 Å². The molecule has 8 nitrogen and oxygen atoms in total. The van der Waals surface area contributed by atoms with Crippen molar-refractivity contribution in [3.63, 3.8) is 0 Å². The van der Waals surface area contributed by atoms with Crippen LogP contribution in [0, 0.1) is 5.92 Å². The summed E-state index contributed by atoms with van der Waals surface area (Å²) in [5.41, 5.74) is 0.676. The molecule has 0 aliphatic carbocycles. The number of carbonyl (C=O) groups is 2. The van der Waals surface area contributed by atoms with Crippen LogP contribution in [0.4, 0.5) is 5.69 Å². The predicted molar refractivity (Wildman–Crippen MR) is 127 cm³/mol. The average Bonchev–Trinajstić information content (AvgIpc) is 2.81. The van der Waals surface area contributed by atoms with Gasteiger partial charge < -0.3 is 15.0 Å². The number of rotatable bonds is 9. The first-order valence-corrected chi connectivity index (χ1v) is 12.6. The van der Waals surface area contributed by atoms with Crippen LogP contribution in [-0.2, 0) is 19.6 Å². The molecule has 2 amide bonds. The molecule has 0 radical (unpaired) electrons. The molecule has 0 saturated carbocycles. The zero-order valence-corrected chi connectivity index (χ0v) is 20.0. The van der Waals surface area contributed by atoms with Crippen LogP contribution in [0.1, 0.15) is 29.6 Å². The van der Waals surface area contributed by atoms with E-state index < -0.39 is 10.0 Å². The Morgan fingerprint density at radius 1 is 1.12 bits per heavy atom. The highest BCUT2D eigenvalue weighted by molar-refractivity contribution is 7.92. The van der Waals surface area contributed by atoms with Crippen molar-refractivity contribution in [2.24, 2.45) is 5.92 Å². The molecule has 1 fully saturated rings. The maximum Gasteiger partial charge on any atom is 0.261 e. The lowest BCUT2D eigenvalue weighted by molar-refractivity contribution is -0.126. The second-order valence-electron chi connectivity index (χ2n) is 7.84. The standard InChI is InChI=1S/C23H28ClN3O5S/c1-32-15-3-12-25-22(28)17-10-13-27(14-11-17)23(29)18-4-2-5-20(16-18)26-33(30,31)21-8-6-19(24)7-9-21/h2,4-9,16-17,26H,3,10-15H2,1H3,(H,25,28). The van der Waals surface area contributed by atoms with Crippen LogP contribution >= 0.6 is 11.6 Å². The summed E-state index contributed by atoms with van der Waals surface area (Å²) in [6.45, 7) is 2.11. The summed E-state index contributed by atoms with van der Waals surface area (Å²) in [6.07, 6.45) is 1.94. The highest BCUT2D eigenvalue weighted by atomic mass is 35.5. The average molecular weight is 494 g/mol. The number of methoxy groups -OCH3 is 1. The lowest BCUT2D eigenvalue weighted by atomic mass is 9.95. The van der Waals surface area contributed by atoms with Crippen molar-refractivity contribution in [3.8, 4) is 0 Å². The quantitative estimate of drug-likeness (QED) is 0.522. The Labute approximate surface area is 199 Å². The summed E-state index contributed by atoms with van der Waals surface area (Å²) in [5, 5.41) is 3.35. The van der Waals surface area contributed by atoms with Gasteiger partial charge in [0.2, 0.25) is 5.91 Å². The van der Waals surface area contributed by atoms with Gasteiger partial charge >= 0.3 is 0 Å². The number of amides is 2. The molecule has 0 spiro atoms. The smallest absolute Gasteiger partial charge is 0.261 e. The van der Waals surface area contributed by atoms with Crippen LogP contribution in [0.3, 0.4) is 0 Å². The van der Waals surface area contributed by atoms with E-state index in [1.54, 1.807) is 30.2 Å². The van der Waals surface area contributed by atoms with Crippen LogP contribution < -0.4 is 10.0 Å². The Balaban J connectivity index is 1.58. The largest absolute Gasteiger partial charge is 0.385 e. The summed E-state index contributed by atoms with van der Waals surface area (Å²) < 4.78 is 32.7. The molecule has 0 bridgehead atoms. The fraction of sp³-hybridized carbons (Fsp3) is 0.391. The van der Waals surface area contributed by atoms with Gasteiger partial charge in [0.25, 0.3) is 15.9 Å². The number of benzene rings is 2. The highest BCUT2D eigenvalue weighted by Gasteiger charge is 2.28. The molecule has 0 aromatic heterocycles. The fourth-order valence-corrected chi connectivity index (χ4v) is 4.82. The SMILES string of the molecule is COCCCNC(=O)C1CCN(C(=O)c2cccc(NS(=O)(=O)c3ccc(Cl)cc3)c2)CC1. The van der Waals surface area contributed by atoms with E-state index in [1.165, 1.54) is 30.3 Å². The number of ether oxygens (including phenoxy) is 1. The van der Waals surface area contributed by atoms with E-state index in [-0.39, 0.29) is 22.6 Å². The van der Waals surface area contributed by atoms with Gasteiger partial charge in [0, 0.05) is 55.5 Å². The summed E-state index contributed by atoms with van der Waals surface area (Å²) in [5.74, 6) is -0.299. The molecule has 1 saturated heterocycles. The zero-order valence-electron chi connectivity index (χ0n) is 18.4. The second kappa shape index (κ2) is 11.5. The van der Waals surface area contributed by atoms with Crippen molar-refractivity contribution in [1.82, 2.24) is 10.2 Å². The van der Waals surface area contributed by atoms with Crippen molar-refractivity contribution in [1.29, 1.82) is 0 Å². The van der Waals surface area contributed by atoms with Gasteiger partial charge in [0.1, 0.15) is 0 Å². The molecule has 2 aromatic carbocycles. The van der Waals surface area contributed by atoms with Gasteiger partial charge in [-0.1, -0.05) is 17.7 Å². The number of nitrogens with one attached hydrogen (secondary N) is 2. The number of halogens is 1. The fourth-order valence-electron chi connectivity index (χ4n) is 3.64. The van der Waals surface area contributed by atoms with Crippen molar-refractivity contribution >= 4 is 39.1 Å². The highest BCUT2D eigenvalue weighted by Crippen LogP contribution is 2.22. The van der Waals surface area contributed by atoms with Gasteiger partial charge in [-0.3, -0.25) is 14.3 Å². The Morgan fingerprint density at radius 2 is 1.82 bits per heavy atom. The van der Waals surface area contributed by atoms with Crippen LogP contribution in [0.15, 0.2) is 53.4 Å². The minimum absolute atomic E-state index is 0.0109. The second-order valence-corrected chi connectivity index (χ2v) is 9.96. The van der Waals surface area contributed by atoms with Crippen LogP contribution in [-0.4, -0.2) is 58.5 Å². The number of sulfonamides is 1. The molecular weight excluding hydrogens is 466 g/mol. The summed E-state index contributed by atoms with van der Waals surface area (Å²) in [7, 11) is -2.19.